The standard InChI is InChI=1S/C6H10N2O6S/c7-4(9)1-3(6(11)12)8-5(10)2-15(13)14/h3H,1-2H2,(H2,7,9)(H,8,10)(H,11,12)(H,13,14)/t3-/m0/s1. The average Bonchev–Trinajstić information content (AvgIpc) is 1.99. The molecule has 5 N–H and O–H groups in total. The second-order valence-corrected chi connectivity index (χ2v) is 3.53. The van der Waals surface area contributed by atoms with Crippen molar-refractivity contribution in [3.8, 4) is 0 Å². The molecule has 0 aliphatic rings. The molecule has 1 unspecified atom stereocenters. The molecule has 0 saturated heterocycles. The SMILES string of the molecule is NC(=O)C[C@H](NC(=O)CS(=O)O)C(=O)O. The van der Waals surface area contributed by atoms with Crippen molar-refractivity contribution in [1.82, 2.24) is 5.32 Å². The third-order valence-corrected chi connectivity index (χ3v) is 1.80. The molecular weight excluding hydrogens is 228 g/mol. The summed E-state index contributed by atoms with van der Waals surface area (Å²) in [5, 5.41) is 10.4. The Hall–Kier alpha value is -1.48. The van der Waals surface area contributed by atoms with Crippen molar-refractivity contribution in [2.45, 2.75) is 12.5 Å². The molecule has 15 heavy (non-hydrogen) atoms. The topological polar surface area (TPSA) is 147 Å². The van der Waals surface area contributed by atoms with Crippen molar-refractivity contribution in [1.29, 1.82) is 0 Å². The second kappa shape index (κ2) is 6.09. The molecular formula is C6H10N2O6S. The Kier molecular flexibility index (Phi) is 5.49. The first kappa shape index (κ1) is 13.5. The largest absolute Gasteiger partial charge is 0.480 e. The Morgan fingerprint density at radius 1 is 1.40 bits per heavy atom. The van der Waals surface area contributed by atoms with Gasteiger partial charge in [-0.05, 0) is 0 Å². The van der Waals surface area contributed by atoms with Crippen LogP contribution in [0.2, 0.25) is 0 Å². The van der Waals surface area contributed by atoms with Crippen LogP contribution < -0.4 is 11.1 Å². The molecule has 0 saturated carbocycles. The number of nitrogens with two attached hydrogens (primary N) is 1. The maximum atomic E-state index is 10.9. The van der Waals surface area contributed by atoms with Crippen LogP contribution in [0.4, 0.5) is 0 Å². The molecule has 0 rings (SSSR count). The summed E-state index contributed by atoms with van der Waals surface area (Å²) in [5.74, 6) is -4.02. The third kappa shape index (κ3) is 6.57. The van der Waals surface area contributed by atoms with Crippen LogP contribution in [0.1, 0.15) is 6.42 Å². The Bertz CT molecular complexity index is 304. The zero-order valence-corrected chi connectivity index (χ0v) is 8.32. The lowest BCUT2D eigenvalue weighted by molar-refractivity contribution is -0.143. The van der Waals surface area contributed by atoms with Gasteiger partial charge in [-0.15, -0.1) is 0 Å². The number of nitrogens with one attached hydrogen (secondary N) is 1. The van der Waals surface area contributed by atoms with Gasteiger partial charge in [-0.3, -0.25) is 9.59 Å². The van der Waals surface area contributed by atoms with Gasteiger partial charge in [0, 0.05) is 0 Å². The molecule has 8 nitrogen and oxygen atoms in total. The van der Waals surface area contributed by atoms with Crippen LogP contribution in [0.15, 0.2) is 0 Å². The van der Waals surface area contributed by atoms with E-state index in [9.17, 15) is 18.6 Å². The predicted octanol–water partition coefficient (Wildman–Crippen LogP) is -2.35. The smallest absolute Gasteiger partial charge is 0.326 e. The molecule has 0 bridgehead atoms. The van der Waals surface area contributed by atoms with Crippen LogP contribution in [0.5, 0.6) is 0 Å². The number of rotatable bonds is 6. The van der Waals surface area contributed by atoms with Crippen LogP contribution in [-0.2, 0) is 25.5 Å². The molecule has 2 atom stereocenters. The molecule has 0 aromatic carbocycles. The average molecular weight is 238 g/mol. The molecule has 0 aromatic rings. The number of carbonyl (C=O) groups excluding carboxylic acids is 2. The fraction of sp³-hybridized carbons (Fsp3) is 0.500. The van der Waals surface area contributed by atoms with Gasteiger partial charge in [-0.2, -0.15) is 0 Å². The lowest BCUT2D eigenvalue weighted by Gasteiger charge is -2.11. The second-order valence-electron chi connectivity index (χ2n) is 2.59. The number of amides is 2. The molecule has 0 heterocycles. The number of hydrogen-bond acceptors (Lipinski definition) is 4. The molecule has 9 heteroatoms. The molecule has 86 valence electrons. The van der Waals surface area contributed by atoms with E-state index in [-0.39, 0.29) is 0 Å². The quantitative estimate of drug-likeness (QED) is 0.381. The highest BCUT2D eigenvalue weighted by molar-refractivity contribution is 7.80. The van der Waals surface area contributed by atoms with Crippen LogP contribution >= 0.6 is 0 Å². The van der Waals surface area contributed by atoms with E-state index < -0.39 is 47.1 Å². The van der Waals surface area contributed by atoms with Crippen LogP contribution in [0, 0.1) is 0 Å². The summed E-state index contributed by atoms with van der Waals surface area (Å²) in [4.78, 5) is 31.8. The van der Waals surface area contributed by atoms with Crippen molar-refractivity contribution in [2.75, 3.05) is 5.75 Å². The van der Waals surface area contributed by atoms with Crippen LogP contribution in [-0.4, -0.2) is 43.4 Å². The van der Waals surface area contributed by atoms with Gasteiger partial charge < -0.3 is 20.7 Å². The van der Waals surface area contributed by atoms with E-state index in [2.05, 4.69) is 0 Å². The fourth-order valence-corrected chi connectivity index (χ4v) is 1.06. The highest BCUT2D eigenvalue weighted by Crippen LogP contribution is 1.92. The Balaban J connectivity index is 4.28. The number of hydrogen-bond donors (Lipinski definition) is 4. The van der Waals surface area contributed by atoms with Crippen LogP contribution in [0.3, 0.4) is 0 Å². The zero-order chi connectivity index (χ0) is 12.0. The van der Waals surface area contributed by atoms with Crippen molar-refractivity contribution in [2.24, 2.45) is 5.73 Å². The van der Waals surface area contributed by atoms with Gasteiger partial charge in [0.15, 0.2) is 11.1 Å². The van der Waals surface area contributed by atoms with E-state index in [1.54, 1.807) is 0 Å². The highest BCUT2D eigenvalue weighted by Gasteiger charge is 2.22. The van der Waals surface area contributed by atoms with Gasteiger partial charge in [0.05, 0.1) is 6.42 Å². The molecule has 0 aromatic heterocycles. The van der Waals surface area contributed by atoms with E-state index in [4.69, 9.17) is 15.4 Å². The predicted molar refractivity (Wildman–Crippen MR) is 49.0 cm³/mol. The minimum absolute atomic E-state index is 0.570. The van der Waals surface area contributed by atoms with Gasteiger partial charge in [0.2, 0.25) is 11.8 Å². The molecule has 0 fully saturated rings. The van der Waals surface area contributed by atoms with Crippen molar-refractivity contribution >= 4 is 28.9 Å². The number of primary amides is 1. The normalized spacial score (nSPS) is 13.9. The minimum Gasteiger partial charge on any atom is -0.480 e. The van der Waals surface area contributed by atoms with Gasteiger partial charge >= 0.3 is 5.97 Å². The van der Waals surface area contributed by atoms with Crippen molar-refractivity contribution in [3.63, 3.8) is 0 Å². The van der Waals surface area contributed by atoms with E-state index in [0.717, 1.165) is 0 Å². The number of carboxylic acid groups (broad SMARTS) is 1. The number of carbonyl (C=O) groups is 3. The van der Waals surface area contributed by atoms with E-state index in [1.165, 1.54) is 0 Å². The van der Waals surface area contributed by atoms with Crippen molar-refractivity contribution in [3.05, 3.63) is 0 Å². The molecule has 0 radical (unpaired) electrons. The molecule has 2 amide bonds. The molecule has 0 aliphatic carbocycles. The van der Waals surface area contributed by atoms with Gasteiger partial charge in [0.25, 0.3) is 0 Å². The summed E-state index contributed by atoms with van der Waals surface area (Å²) in [6, 6.07) is -1.47. The maximum Gasteiger partial charge on any atom is 0.326 e. The minimum atomic E-state index is -2.36. The van der Waals surface area contributed by atoms with E-state index in [1.807, 2.05) is 5.32 Å². The first-order valence-corrected chi connectivity index (χ1v) is 4.98. The number of aliphatic carboxylic acids is 1. The Labute approximate surface area is 87.1 Å². The van der Waals surface area contributed by atoms with Crippen LogP contribution in [0.25, 0.3) is 0 Å². The molecule has 0 spiro atoms. The first-order valence-electron chi connectivity index (χ1n) is 3.71. The molecule has 0 aliphatic heterocycles. The summed E-state index contributed by atoms with van der Waals surface area (Å²) in [5.41, 5.74) is 4.75. The summed E-state index contributed by atoms with van der Waals surface area (Å²) >= 11 is -2.36. The van der Waals surface area contributed by atoms with E-state index >= 15 is 0 Å². The highest BCUT2D eigenvalue weighted by atomic mass is 32.2. The monoisotopic (exact) mass is 238 g/mol. The lowest BCUT2D eigenvalue weighted by Crippen LogP contribution is -2.44. The lowest BCUT2D eigenvalue weighted by atomic mass is 10.2. The summed E-state index contributed by atoms with van der Waals surface area (Å²) in [6.45, 7) is 0. The summed E-state index contributed by atoms with van der Waals surface area (Å²) < 4.78 is 18.5. The third-order valence-electron chi connectivity index (χ3n) is 1.29. The first-order chi connectivity index (χ1) is 6.82. The zero-order valence-electron chi connectivity index (χ0n) is 7.50. The summed E-state index contributed by atoms with van der Waals surface area (Å²) in [6.07, 6.45) is -0.570. The number of carboxylic acids is 1. The van der Waals surface area contributed by atoms with Crippen molar-refractivity contribution < 1.29 is 28.3 Å². The Morgan fingerprint density at radius 3 is 2.27 bits per heavy atom. The summed E-state index contributed by atoms with van der Waals surface area (Å²) in [7, 11) is 0. The van der Waals surface area contributed by atoms with Gasteiger partial charge in [0.1, 0.15) is 11.8 Å². The van der Waals surface area contributed by atoms with Gasteiger partial charge in [-0.1, -0.05) is 0 Å². The fourth-order valence-electron chi connectivity index (χ4n) is 0.749. The Morgan fingerprint density at radius 2 is 1.93 bits per heavy atom. The van der Waals surface area contributed by atoms with Gasteiger partial charge in [-0.25, -0.2) is 9.00 Å². The maximum absolute atomic E-state index is 10.9. The van der Waals surface area contributed by atoms with E-state index in [0.29, 0.717) is 0 Å².